The first-order valence-electron chi connectivity index (χ1n) is 7.89. The summed E-state index contributed by atoms with van der Waals surface area (Å²) in [6.07, 6.45) is 3.41. The van der Waals surface area contributed by atoms with Crippen LogP contribution in [-0.2, 0) is 7.05 Å². The Bertz CT molecular complexity index is 1140. The maximum atomic E-state index is 12.7. The summed E-state index contributed by atoms with van der Waals surface area (Å²) in [5, 5.41) is 6.83. The lowest BCUT2D eigenvalue weighted by Crippen LogP contribution is -2.19. The lowest BCUT2D eigenvalue weighted by Gasteiger charge is -2.10. The topological polar surface area (TPSA) is 66.2 Å². The van der Waals surface area contributed by atoms with Gasteiger partial charge in [-0.3, -0.25) is 9.78 Å². The normalized spacial score (nSPS) is 10.8. The highest BCUT2D eigenvalue weighted by Crippen LogP contribution is 2.38. The van der Waals surface area contributed by atoms with E-state index in [0.717, 1.165) is 11.1 Å². The molecular formula is C19H15N3O3S. The van der Waals surface area contributed by atoms with E-state index in [-0.39, 0.29) is 5.56 Å². The Kier molecular flexibility index (Phi) is 4.14. The molecule has 26 heavy (non-hydrogen) atoms. The first-order chi connectivity index (χ1) is 12.7. The molecule has 0 bridgehead atoms. The van der Waals surface area contributed by atoms with Gasteiger partial charge in [-0.15, -0.1) is 16.4 Å². The second-order valence-electron chi connectivity index (χ2n) is 5.58. The maximum Gasteiger partial charge on any atom is 0.276 e. The molecule has 0 radical (unpaired) electrons. The Labute approximate surface area is 153 Å². The van der Waals surface area contributed by atoms with E-state index >= 15 is 0 Å². The van der Waals surface area contributed by atoms with Crippen molar-refractivity contribution in [2.24, 2.45) is 7.05 Å². The molecule has 0 aliphatic heterocycles. The lowest BCUT2D eigenvalue weighted by atomic mass is 10.1. The quantitative estimate of drug-likeness (QED) is 0.549. The van der Waals surface area contributed by atoms with Gasteiger partial charge < -0.3 is 9.47 Å². The number of pyridine rings is 1. The molecule has 0 fully saturated rings. The molecule has 6 nitrogen and oxygen atoms in total. The van der Waals surface area contributed by atoms with Crippen LogP contribution in [-0.4, -0.2) is 21.9 Å². The van der Waals surface area contributed by atoms with E-state index in [0.29, 0.717) is 27.5 Å². The summed E-state index contributed by atoms with van der Waals surface area (Å²) in [5.74, 6) is 1.51. The molecule has 1 aromatic carbocycles. The Morgan fingerprint density at radius 1 is 1.08 bits per heavy atom. The number of nitrogens with zero attached hydrogens (tertiary/aromatic N) is 3. The molecule has 3 aromatic heterocycles. The standard InChI is InChI=1S/C19H15N3O3S/c1-22-19(23)16-13(12-7-9-20-10-8-12)11-26-17(16)18(21-22)25-15-6-4-3-5-14(15)24-2/h3-11H,1-2H3. The van der Waals surface area contributed by atoms with Crippen LogP contribution in [0.1, 0.15) is 0 Å². The molecule has 0 N–H and O–H groups in total. The van der Waals surface area contributed by atoms with Crippen LogP contribution in [0.4, 0.5) is 0 Å². The number of aryl methyl sites for hydroxylation is 1. The summed E-state index contributed by atoms with van der Waals surface area (Å²) in [5.41, 5.74) is 1.61. The molecule has 0 saturated heterocycles. The molecule has 7 heteroatoms. The Morgan fingerprint density at radius 3 is 2.54 bits per heavy atom. The molecule has 0 aliphatic carbocycles. The smallest absolute Gasteiger partial charge is 0.276 e. The number of thiophene rings is 1. The minimum absolute atomic E-state index is 0.166. The van der Waals surface area contributed by atoms with Gasteiger partial charge in [-0.25, -0.2) is 4.68 Å². The van der Waals surface area contributed by atoms with Crippen molar-refractivity contribution in [2.75, 3.05) is 7.11 Å². The largest absolute Gasteiger partial charge is 0.493 e. The molecule has 0 amide bonds. The van der Waals surface area contributed by atoms with Crippen LogP contribution < -0.4 is 15.0 Å². The van der Waals surface area contributed by atoms with Crippen LogP contribution in [0, 0.1) is 0 Å². The number of aromatic nitrogens is 3. The summed E-state index contributed by atoms with van der Waals surface area (Å²) >= 11 is 1.43. The van der Waals surface area contributed by atoms with Crippen LogP contribution in [0.25, 0.3) is 21.2 Å². The summed E-state index contributed by atoms with van der Waals surface area (Å²) in [4.78, 5) is 16.8. The molecule has 0 unspecified atom stereocenters. The zero-order valence-corrected chi connectivity index (χ0v) is 15.0. The fraction of sp³-hybridized carbons (Fsp3) is 0.105. The Hall–Kier alpha value is -3.19. The maximum absolute atomic E-state index is 12.7. The van der Waals surface area contributed by atoms with Gasteiger partial charge in [0, 0.05) is 30.4 Å². The van der Waals surface area contributed by atoms with E-state index in [1.54, 1.807) is 32.6 Å². The van der Waals surface area contributed by atoms with Gasteiger partial charge in [0.25, 0.3) is 11.4 Å². The van der Waals surface area contributed by atoms with E-state index in [1.165, 1.54) is 16.0 Å². The predicted octanol–water partition coefficient (Wildman–Crippen LogP) is 3.86. The highest BCUT2D eigenvalue weighted by molar-refractivity contribution is 7.18. The van der Waals surface area contributed by atoms with Gasteiger partial charge in [-0.1, -0.05) is 12.1 Å². The molecule has 0 saturated carbocycles. The van der Waals surface area contributed by atoms with Gasteiger partial charge in [0.2, 0.25) is 0 Å². The van der Waals surface area contributed by atoms with Gasteiger partial charge in [0.05, 0.1) is 12.5 Å². The van der Waals surface area contributed by atoms with E-state index in [9.17, 15) is 4.79 Å². The van der Waals surface area contributed by atoms with Gasteiger partial charge >= 0.3 is 0 Å². The molecular weight excluding hydrogens is 350 g/mol. The minimum atomic E-state index is -0.166. The van der Waals surface area contributed by atoms with E-state index < -0.39 is 0 Å². The molecule has 4 aromatic rings. The van der Waals surface area contributed by atoms with E-state index in [4.69, 9.17) is 9.47 Å². The average molecular weight is 365 g/mol. The zero-order chi connectivity index (χ0) is 18.1. The summed E-state index contributed by atoms with van der Waals surface area (Å²) < 4.78 is 13.3. The van der Waals surface area contributed by atoms with Crippen LogP contribution in [0.2, 0.25) is 0 Å². The number of hydrogen-bond acceptors (Lipinski definition) is 6. The third-order valence-corrected chi connectivity index (χ3v) is 4.97. The average Bonchev–Trinajstić information content (AvgIpc) is 3.12. The number of rotatable bonds is 4. The van der Waals surface area contributed by atoms with Crippen molar-refractivity contribution in [2.45, 2.75) is 0 Å². The number of fused-ring (bicyclic) bond motifs is 1. The number of methoxy groups -OCH3 is 1. The second-order valence-corrected chi connectivity index (χ2v) is 6.46. The van der Waals surface area contributed by atoms with Crippen LogP contribution in [0.15, 0.2) is 59.0 Å². The predicted molar refractivity (Wildman–Crippen MR) is 101 cm³/mol. The SMILES string of the molecule is COc1ccccc1Oc1nn(C)c(=O)c2c(-c3ccncc3)csc12. The Balaban J connectivity index is 1.91. The lowest BCUT2D eigenvalue weighted by molar-refractivity contribution is 0.371. The first-order valence-corrected chi connectivity index (χ1v) is 8.77. The van der Waals surface area contributed by atoms with Crippen molar-refractivity contribution in [1.29, 1.82) is 0 Å². The molecule has 0 atom stereocenters. The summed E-state index contributed by atoms with van der Waals surface area (Å²) in [6, 6.07) is 11.1. The zero-order valence-electron chi connectivity index (χ0n) is 14.2. The van der Waals surface area contributed by atoms with Crippen molar-refractivity contribution >= 4 is 21.4 Å². The van der Waals surface area contributed by atoms with Gasteiger partial charge in [0.1, 0.15) is 4.70 Å². The van der Waals surface area contributed by atoms with Gasteiger partial charge in [-0.05, 0) is 29.8 Å². The minimum Gasteiger partial charge on any atom is -0.493 e. The Morgan fingerprint density at radius 2 is 1.81 bits per heavy atom. The fourth-order valence-electron chi connectivity index (χ4n) is 2.73. The molecule has 3 heterocycles. The number of benzene rings is 1. The fourth-order valence-corrected chi connectivity index (χ4v) is 3.72. The summed E-state index contributed by atoms with van der Waals surface area (Å²) in [7, 11) is 3.20. The van der Waals surface area contributed by atoms with E-state index in [2.05, 4.69) is 10.1 Å². The van der Waals surface area contributed by atoms with Gasteiger partial charge in [-0.2, -0.15) is 0 Å². The highest BCUT2D eigenvalue weighted by atomic mass is 32.1. The monoisotopic (exact) mass is 365 g/mol. The second kappa shape index (κ2) is 6.61. The molecule has 0 spiro atoms. The highest BCUT2D eigenvalue weighted by Gasteiger charge is 2.18. The molecule has 130 valence electrons. The van der Waals surface area contributed by atoms with Crippen LogP contribution in [0.3, 0.4) is 0 Å². The molecule has 0 aliphatic rings. The number of para-hydroxylation sites is 2. The van der Waals surface area contributed by atoms with Crippen molar-refractivity contribution in [3.63, 3.8) is 0 Å². The van der Waals surface area contributed by atoms with Gasteiger partial charge in [0.15, 0.2) is 11.5 Å². The number of ether oxygens (including phenoxy) is 2. The van der Waals surface area contributed by atoms with Crippen LogP contribution in [0.5, 0.6) is 17.4 Å². The number of hydrogen-bond donors (Lipinski definition) is 0. The van der Waals surface area contributed by atoms with Crippen LogP contribution >= 0.6 is 11.3 Å². The third kappa shape index (κ3) is 2.72. The van der Waals surface area contributed by atoms with Crippen molar-refractivity contribution < 1.29 is 9.47 Å². The molecule has 4 rings (SSSR count). The van der Waals surface area contributed by atoms with Crippen molar-refractivity contribution in [1.82, 2.24) is 14.8 Å². The van der Waals surface area contributed by atoms with Crippen molar-refractivity contribution in [3.8, 4) is 28.5 Å². The van der Waals surface area contributed by atoms with Crippen molar-refractivity contribution in [3.05, 3.63) is 64.5 Å². The van der Waals surface area contributed by atoms with E-state index in [1.807, 2.05) is 35.7 Å². The third-order valence-electron chi connectivity index (χ3n) is 4.00. The summed E-state index contributed by atoms with van der Waals surface area (Å²) in [6.45, 7) is 0. The first kappa shape index (κ1) is 16.3.